The molecule has 0 fully saturated rings. The van der Waals surface area contributed by atoms with Gasteiger partial charge in [-0.1, -0.05) is 12.1 Å². The molecule has 0 atom stereocenters. The first-order valence-electron chi connectivity index (χ1n) is 5.59. The Balaban J connectivity index is 2.55. The van der Waals surface area contributed by atoms with Gasteiger partial charge in [0.2, 0.25) is 5.91 Å². The van der Waals surface area contributed by atoms with Crippen LogP contribution in [0.3, 0.4) is 0 Å². The van der Waals surface area contributed by atoms with Crippen molar-refractivity contribution in [1.82, 2.24) is 5.32 Å². The SMILES string of the molecule is CC(=O)Nc1ccccc1OCC(=O)NCCN. The molecule has 1 aromatic rings. The minimum absolute atomic E-state index is 0.114. The summed E-state index contributed by atoms with van der Waals surface area (Å²) in [7, 11) is 0. The molecule has 0 aliphatic rings. The van der Waals surface area contributed by atoms with Crippen LogP contribution in [0.2, 0.25) is 0 Å². The minimum atomic E-state index is -0.252. The standard InChI is InChI=1S/C12H17N3O3/c1-9(16)15-10-4-2-3-5-11(10)18-8-12(17)14-7-6-13/h2-5H,6-8,13H2,1H3,(H,14,17)(H,15,16). The molecule has 0 saturated heterocycles. The number of carbonyl (C=O) groups is 2. The van der Waals surface area contributed by atoms with E-state index in [1.54, 1.807) is 24.3 Å². The molecule has 0 aromatic heterocycles. The topological polar surface area (TPSA) is 93.4 Å². The molecule has 1 rings (SSSR count). The van der Waals surface area contributed by atoms with Gasteiger partial charge >= 0.3 is 0 Å². The van der Waals surface area contributed by atoms with E-state index >= 15 is 0 Å². The Labute approximate surface area is 105 Å². The second kappa shape index (κ2) is 7.29. The van der Waals surface area contributed by atoms with Crippen LogP contribution in [0, 0.1) is 0 Å². The largest absolute Gasteiger partial charge is 0.482 e. The molecule has 6 heteroatoms. The molecule has 0 aliphatic heterocycles. The van der Waals surface area contributed by atoms with Crippen molar-refractivity contribution in [3.05, 3.63) is 24.3 Å². The summed E-state index contributed by atoms with van der Waals surface area (Å²) >= 11 is 0. The number of nitrogens with two attached hydrogens (primary N) is 1. The van der Waals surface area contributed by atoms with Gasteiger partial charge in [0.25, 0.3) is 5.91 Å². The van der Waals surface area contributed by atoms with Crippen LogP contribution >= 0.6 is 0 Å². The van der Waals surface area contributed by atoms with E-state index in [2.05, 4.69) is 10.6 Å². The van der Waals surface area contributed by atoms with Crippen molar-refractivity contribution < 1.29 is 14.3 Å². The van der Waals surface area contributed by atoms with E-state index in [0.29, 0.717) is 24.5 Å². The van der Waals surface area contributed by atoms with Crippen molar-refractivity contribution in [2.45, 2.75) is 6.92 Å². The number of carbonyl (C=O) groups excluding carboxylic acids is 2. The van der Waals surface area contributed by atoms with Crippen LogP contribution in [0.15, 0.2) is 24.3 Å². The molecule has 4 N–H and O–H groups in total. The molecule has 0 unspecified atom stereocenters. The van der Waals surface area contributed by atoms with E-state index in [1.807, 2.05) is 0 Å². The second-order valence-corrected chi connectivity index (χ2v) is 3.60. The van der Waals surface area contributed by atoms with E-state index in [0.717, 1.165) is 0 Å². The fraction of sp³-hybridized carbons (Fsp3) is 0.333. The summed E-state index contributed by atoms with van der Waals surface area (Å²) in [6.45, 7) is 2.09. The lowest BCUT2D eigenvalue weighted by atomic mass is 10.3. The first-order valence-corrected chi connectivity index (χ1v) is 5.59. The third-order valence-corrected chi connectivity index (χ3v) is 2.02. The highest BCUT2D eigenvalue weighted by molar-refractivity contribution is 5.90. The van der Waals surface area contributed by atoms with Gasteiger partial charge in [-0.05, 0) is 12.1 Å². The summed E-state index contributed by atoms with van der Waals surface area (Å²) < 4.78 is 5.33. The maximum Gasteiger partial charge on any atom is 0.257 e. The molecule has 0 spiro atoms. The highest BCUT2D eigenvalue weighted by Crippen LogP contribution is 2.23. The monoisotopic (exact) mass is 251 g/mol. The van der Waals surface area contributed by atoms with Gasteiger partial charge in [-0.15, -0.1) is 0 Å². The lowest BCUT2D eigenvalue weighted by Crippen LogP contribution is -2.33. The molecule has 0 heterocycles. The Morgan fingerprint density at radius 2 is 2.06 bits per heavy atom. The van der Waals surface area contributed by atoms with Crippen molar-refractivity contribution in [1.29, 1.82) is 0 Å². The third kappa shape index (κ3) is 4.84. The highest BCUT2D eigenvalue weighted by Gasteiger charge is 2.06. The fourth-order valence-corrected chi connectivity index (χ4v) is 1.29. The van der Waals surface area contributed by atoms with Gasteiger partial charge in [-0.3, -0.25) is 9.59 Å². The van der Waals surface area contributed by atoms with Crippen LogP contribution in [-0.2, 0) is 9.59 Å². The Morgan fingerprint density at radius 1 is 1.33 bits per heavy atom. The zero-order chi connectivity index (χ0) is 13.4. The Morgan fingerprint density at radius 3 is 2.72 bits per heavy atom. The van der Waals surface area contributed by atoms with Crippen LogP contribution in [0.5, 0.6) is 5.75 Å². The van der Waals surface area contributed by atoms with Crippen molar-refractivity contribution in [3.63, 3.8) is 0 Å². The predicted octanol–water partition coefficient (Wildman–Crippen LogP) is 0.0987. The van der Waals surface area contributed by atoms with Gasteiger partial charge in [0.1, 0.15) is 5.75 Å². The number of anilines is 1. The lowest BCUT2D eigenvalue weighted by molar-refractivity contribution is -0.123. The Bertz CT molecular complexity index is 421. The van der Waals surface area contributed by atoms with Gasteiger partial charge in [0, 0.05) is 20.0 Å². The van der Waals surface area contributed by atoms with E-state index in [-0.39, 0.29) is 18.4 Å². The summed E-state index contributed by atoms with van der Waals surface area (Å²) in [5.74, 6) is 0.00677. The molecular weight excluding hydrogens is 234 g/mol. The second-order valence-electron chi connectivity index (χ2n) is 3.60. The maximum absolute atomic E-state index is 11.3. The normalized spacial score (nSPS) is 9.67. The predicted molar refractivity (Wildman–Crippen MR) is 68.3 cm³/mol. The van der Waals surface area contributed by atoms with E-state index in [4.69, 9.17) is 10.5 Å². The lowest BCUT2D eigenvalue weighted by Gasteiger charge is -2.11. The number of benzene rings is 1. The summed E-state index contributed by atoms with van der Waals surface area (Å²) in [4.78, 5) is 22.3. The number of para-hydroxylation sites is 2. The van der Waals surface area contributed by atoms with Gasteiger partial charge in [0.05, 0.1) is 5.69 Å². The molecule has 1 aromatic carbocycles. The number of nitrogens with one attached hydrogen (secondary N) is 2. The molecule has 0 bridgehead atoms. The average Bonchev–Trinajstić information content (AvgIpc) is 2.34. The quantitative estimate of drug-likeness (QED) is 0.668. The van der Waals surface area contributed by atoms with Crippen LogP contribution < -0.4 is 21.1 Å². The molecule has 6 nitrogen and oxygen atoms in total. The van der Waals surface area contributed by atoms with Crippen molar-refractivity contribution >= 4 is 17.5 Å². The summed E-state index contributed by atoms with van der Waals surface area (Å²) in [6, 6.07) is 6.92. The zero-order valence-electron chi connectivity index (χ0n) is 10.2. The number of ether oxygens (including phenoxy) is 1. The van der Waals surface area contributed by atoms with E-state index < -0.39 is 0 Å². The summed E-state index contributed by atoms with van der Waals surface area (Å²) in [6.07, 6.45) is 0. The smallest absolute Gasteiger partial charge is 0.257 e. The van der Waals surface area contributed by atoms with Crippen molar-refractivity contribution in [2.75, 3.05) is 25.0 Å². The molecule has 0 aliphatic carbocycles. The highest BCUT2D eigenvalue weighted by atomic mass is 16.5. The first-order chi connectivity index (χ1) is 8.63. The van der Waals surface area contributed by atoms with Gasteiger partial charge in [-0.2, -0.15) is 0 Å². The molecule has 18 heavy (non-hydrogen) atoms. The van der Waals surface area contributed by atoms with Gasteiger partial charge < -0.3 is 21.1 Å². The van der Waals surface area contributed by atoms with Crippen LogP contribution in [0.4, 0.5) is 5.69 Å². The molecule has 0 saturated carbocycles. The summed E-state index contributed by atoms with van der Waals surface area (Å²) in [5, 5.41) is 5.21. The average molecular weight is 251 g/mol. The van der Waals surface area contributed by atoms with Crippen LogP contribution in [0.25, 0.3) is 0 Å². The minimum Gasteiger partial charge on any atom is -0.482 e. The van der Waals surface area contributed by atoms with Crippen molar-refractivity contribution in [3.8, 4) is 5.75 Å². The van der Waals surface area contributed by atoms with Gasteiger partial charge in [-0.25, -0.2) is 0 Å². The van der Waals surface area contributed by atoms with E-state index in [1.165, 1.54) is 6.92 Å². The number of hydrogen-bond donors (Lipinski definition) is 3. The molecule has 98 valence electrons. The van der Waals surface area contributed by atoms with Crippen LogP contribution in [0.1, 0.15) is 6.92 Å². The molecule has 2 amide bonds. The Kier molecular flexibility index (Phi) is 5.66. The number of rotatable bonds is 6. The van der Waals surface area contributed by atoms with E-state index in [9.17, 15) is 9.59 Å². The van der Waals surface area contributed by atoms with Gasteiger partial charge in [0.15, 0.2) is 6.61 Å². The van der Waals surface area contributed by atoms with Crippen LogP contribution in [-0.4, -0.2) is 31.5 Å². The molecular formula is C12H17N3O3. The fourth-order valence-electron chi connectivity index (χ4n) is 1.29. The zero-order valence-corrected chi connectivity index (χ0v) is 10.2. The maximum atomic E-state index is 11.3. The number of hydrogen-bond acceptors (Lipinski definition) is 4. The third-order valence-electron chi connectivity index (χ3n) is 2.02. The Hall–Kier alpha value is -2.08. The molecule has 0 radical (unpaired) electrons. The first kappa shape index (κ1) is 14.0. The summed E-state index contributed by atoms with van der Waals surface area (Å²) in [5.41, 5.74) is 5.80. The van der Waals surface area contributed by atoms with Crippen molar-refractivity contribution in [2.24, 2.45) is 5.73 Å². The number of amides is 2.